The van der Waals surface area contributed by atoms with Gasteiger partial charge in [-0.25, -0.2) is 0 Å². The van der Waals surface area contributed by atoms with E-state index in [1.54, 1.807) is 6.20 Å². The predicted molar refractivity (Wildman–Crippen MR) is 91.2 cm³/mol. The van der Waals surface area contributed by atoms with Gasteiger partial charge >= 0.3 is 0 Å². The molecule has 3 N–H and O–H groups in total. The van der Waals surface area contributed by atoms with Crippen molar-refractivity contribution in [2.75, 3.05) is 10.6 Å². The zero-order valence-electron chi connectivity index (χ0n) is 12.5. The normalized spacial score (nSPS) is 10.4. The smallest absolute Gasteiger partial charge is 0.224 e. The number of nitrogens with one attached hydrogen (secondary N) is 3. The maximum absolute atomic E-state index is 12.0. The van der Waals surface area contributed by atoms with Gasteiger partial charge in [-0.05, 0) is 18.2 Å². The van der Waals surface area contributed by atoms with Gasteiger partial charge in [-0.15, -0.1) is 0 Å². The lowest BCUT2D eigenvalue weighted by Gasteiger charge is -2.06. The van der Waals surface area contributed by atoms with Gasteiger partial charge in [-0.3, -0.25) is 9.59 Å². The summed E-state index contributed by atoms with van der Waals surface area (Å²) in [4.78, 5) is 26.9. The molecule has 0 fully saturated rings. The second kappa shape index (κ2) is 6.79. The van der Waals surface area contributed by atoms with E-state index in [-0.39, 0.29) is 24.7 Å². The molecule has 23 heavy (non-hydrogen) atoms. The number of carbonyl (C=O) groups is 2. The molecule has 0 saturated carbocycles. The van der Waals surface area contributed by atoms with Crippen molar-refractivity contribution in [3.05, 3.63) is 60.8 Å². The minimum absolute atomic E-state index is 0.137. The molecule has 0 spiro atoms. The van der Waals surface area contributed by atoms with E-state index in [9.17, 15) is 9.59 Å². The number of hydrogen-bond donors (Lipinski definition) is 3. The highest BCUT2D eigenvalue weighted by atomic mass is 16.2. The molecule has 0 unspecified atom stereocenters. The first-order valence-corrected chi connectivity index (χ1v) is 7.43. The summed E-state index contributed by atoms with van der Waals surface area (Å²) in [6.45, 7) is 0. The maximum atomic E-state index is 12.0. The fourth-order valence-electron chi connectivity index (χ4n) is 2.36. The van der Waals surface area contributed by atoms with Crippen molar-refractivity contribution < 1.29 is 9.59 Å². The van der Waals surface area contributed by atoms with Crippen LogP contribution in [0.25, 0.3) is 10.9 Å². The Balaban J connectivity index is 1.52. The molecule has 3 aromatic rings. The minimum Gasteiger partial charge on any atom is -0.359 e. The molecular weight excluding hydrogens is 290 g/mol. The van der Waals surface area contributed by atoms with Gasteiger partial charge in [0.1, 0.15) is 0 Å². The lowest BCUT2D eigenvalue weighted by molar-refractivity contribution is -0.121. The van der Waals surface area contributed by atoms with Crippen LogP contribution in [0.5, 0.6) is 0 Å². The fraction of sp³-hybridized carbons (Fsp3) is 0.111. The Kier molecular flexibility index (Phi) is 4.38. The van der Waals surface area contributed by atoms with Crippen molar-refractivity contribution in [2.24, 2.45) is 0 Å². The van der Waals surface area contributed by atoms with Crippen molar-refractivity contribution in [1.82, 2.24) is 4.98 Å². The number of hydrogen-bond acceptors (Lipinski definition) is 2. The number of anilines is 2. The van der Waals surface area contributed by atoms with Gasteiger partial charge in [0, 0.05) is 35.6 Å². The summed E-state index contributed by atoms with van der Waals surface area (Å²) >= 11 is 0. The van der Waals surface area contributed by atoms with E-state index in [4.69, 9.17) is 0 Å². The number of aromatic amines is 1. The average Bonchev–Trinajstić information content (AvgIpc) is 2.97. The molecule has 0 aliphatic heterocycles. The molecule has 0 bridgehead atoms. The van der Waals surface area contributed by atoms with Crippen LogP contribution in [0, 0.1) is 0 Å². The molecular formula is C18H17N3O2. The summed E-state index contributed by atoms with van der Waals surface area (Å²) < 4.78 is 0. The van der Waals surface area contributed by atoms with E-state index < -0.39 is 0 Å². The van der Waals surface area contributed by atoms with Crippen LogP contribution >= 0.6 is 0 Å². The van der Waals surface area contributed by atoms with Crippen LogP contribution in [-0.4, -0.2) is 16.8 Å². The fourth-order valence-corrected chi connectivity index (χ4v) is 2.36. The first kappa shape index (κ1) is 14.8. The van der Waals surface area contributed by atoms with Crippen LogP contribution in [0.2, 0.25) is 0 Å². The highest BCUT2D eigenvalue weighted by Gasteiger charge is 2.10. The van der Waals surface area contributed by atoms with Crippen molar-refractivity contribution in [2.45, 2.75) is 12.8 Å². The Hall–Kier alpha value is -3.08. The Morgan fingerprint density at radius 2 is 1.48 bits per heavy atom. The predicted octanol–water partition coefficient (Wildman–Crippen LogP) is 3.53. The zero-order chi connectivity index (χ0) is 16.1. The van der Waals surface area contributed by atoms with E-state index >= 15 is 0 Å². The highest BCUT2D eigenvalue weighted by molar-refractivity contribution is 6.03. The van der Waals surface area contributed by atoms with Gasteiger partial charge < -0.3 is 15.6 Å². The van der Waals surface area contributed by atoms with Gasteiger partial charge in [0.2, 0.25) is 11.8 Å². The molecule has 0 radical (unpaired) electrons. The SMILES string of the molecule is O=C(CCC(=O)Nc1c[nH]c2ccccc12)Nc1ccccc1. The molecule has 1 heterocycles. The van der Waals surface area contributed by atoms with E-state index in [1.165, 1.54) is 0 Å². The first-order chi connectivity index (χ1) is 11.2. The minimum atomic E-state index is -0.182. The monoisotopic (exact) mass is 307 g/mol. The molecule has 0 saturated heterocycles. The number of aromatic nitrogens is 1. The van der Waals surface area contributed by atoms with Gasteiger partial charge in [0.05, 0.1) is 5.69 Å². The van der Waals surface area contributed by atoms with Crippen molar-refractivity contribution in [3.63, 3.8) is 0 Å². The third-order valence-electron chi connectivity index (χ3n) is 3.50. The molecule has 0 atom stereocenters. The van der Waals surface area contributed by atoms with Crippen LogP contribution in [0.4, 0.5) is 11.4 Å². The van der Waals surface area contributed by atoms with Gasteiger partial charge in [0.15, 0.2) is 0 Å². The van der Waals surface area contributed by atoms with E-state index in [1.807, 2.05) is 54.6 Å². The summed E-state index contributed by atoms with van der Waals surface area (Å²) in [5.41, 5.74) is 2.42. The molecule has 0 aliphatic rings. The summed E-state index contributed by atoms with van der Waals surface area (Å²) in [6.07, 6.45) is 2.04. The largest absolute Gasteiger partial charge is 0.359 e. The number of rotatable bonds is 5. The quantitative estimate of drug-likeness (QED) is 0.674. The topological polar surface area (TPSA) is 74.0 Å². The molecule has 5 nitrogen and oxygen atoms in total. The molecule has 2 aromatic carbocycles. The van der Waals surface area contributed by atoms with Crippen LogP contribution < -0.4 is 10.6 Å². The van der Waals surface area contributed by atoms with Crippen LogP contribution in [0.15, 0.2) is 60.8 Å². The number of para-hydroxylation sites is 2. The number of fused-ring (bicyclic) bond motifs is 1. The lowest BCUT2D eigenvalue weighted by atomic mass is 10.2. The summed E-state index contributed by atoms with van der Waals surface area (Å²) in [6, 6.07) is 16.9. The molecule has 116 valence electrons. The molecule has 1 aromatic heterocycles. The Morgan fingerprint density at radius 1 is 0.826 bits per heavy atom. The van der Waals surface area contributed by atoms with E-state index in [0.29, 0.717) is 0 Å². The van der Waals surface area contributed by atoms with Crippen LogP contribution in [0.3, 0.4) is 0 Å². The Labute approximate surface area is 133 Å². The van der Waals surface area contributed by atoms with Gasteiger partial charge in [0.25, 0.3) is 0 Å². The first-order valence-electron chi connectivity index (χ1n) is 7.43. The van der Waals surface area contributed by atoms with Gasteiger partial charge in [-0.2, -0.15) is 0 Å². The zero-order valence-corrected chi connectivity index (χ0v) is 12.5. The number of benzene rings is 2. The number of carbonyl (C=O) groups excluding carboxylic acids is 2. The van der Waals surface area contributed by atoms with Crippen molar-refractivity contribution in [3.8, 4) is 0 Å². The third kappa shape index (κ3) is 3.77. The second-order valence-corrected chi connectivity index (χ2v) is 5.21. The van der Waals surface area contributed by atoms with Crippen LogP contribution in [-0.2, 0) is 9.59 Å². The molecule has 2 amide bonds. The highest BCUT2D eigenvalue weighted by Crippen LogP contribution is 2.22. The molecule has 3 rings (SSSR count). The Morgan fingerprint density at radius 3 is 2.26 bits per heavy atom. The average molecular weight is 307 g/mol. The summed E-state index contributed by atoms with van der Waals surface area (Å²) in [7, 11) is 0. The Bertz CT molecular complexity index is 824. The third-order valence-corrected chi connectivity index (χ3v) is 3.50. The lowest BCUT2D eigenvalue weighted by Crippen LogP contribution is -2.17. The number of amides is 2. The van der Waals surface area contributed by atoms with Crippen LogP contribution in [0.1, 0.15) is 12.8 Å². The molecule has 5 heteroatoms. The molecule has 0 aliphatic carbocycles. The van der Waals surface area contributed by atoms with Gasteiger partial charge in [-0.1, -0.05) is 36.4 Å². The summed E-state index contributed by atoms with van der Waals surface area (Å²) in [5.74, 6) is -0.358. The second-order valence-electron chi connectivity index (χ2n) is 5.21. The number of H-pyrrole nitrogens is 1. The summed E-state index contributed by atoms with van der Waals surface area (Å²) in [5, 5.41) is 6.55. The standard InChI is InChI=1S/C18H17N3O2/c22-17(20-13-6-2-1-3-7-13)10-11-18(23)21-16-12-19-15-9-5-4-8-14(15)16/h1-9,12,19H,10-11H2,(H,20,22)(H,21,23). The van der Waals surface area contributed by atoms with Crippen molar-refractivity contribution >= 4 is 34.1 Å². The van der Waals surface area contributed by atoms with E-state index in [0.717, 1.165) is 22.3 Å². The van der Waals surface area contributed by atoms with Crippen molar-refractivity contribution in [1.29, 1.82) is 0 Å². The van der Waals surface area contributed by atoms with E-state index in [2.05, 4.69) is 15.6 Å². The maximum Gasteiger partial charge on any atom is 0.224 e.